The van der Waals surface area contributed by atoms with Crippen LogP contribution in [0.1, 0.15) is 44.9 Å². The fourth-order valence-electron chi connectivity index (χ4n) is 4.17. The molecule has 3 rings (SSSR count). The molecular weight excluding hydrogens is 248 g/mol. The molecule has 1 amide bonds. The Bertz CT molecular complexity index is 298. The average Bonchev–Trinajstić information content (AvgIpc) is 2.92. The van der Waals surface area contributed by atoms with Crippen molar-refractivity contribution in [2.45, 2.75) is 51.0 Å². The van der Waals surface area contributed by atoms with Gasteiger partial charge < -0.3 is 11.1 Å². The van der Waals surface area contributed by atoms with Gasteiger partial charge in [-0.05, 0) is 50.0 Å². The van der Waals surface area contributed by atoms with Crippen LogP contribution in [0.2, 0.25) is 0 Å². The van der Waals surface area contributed by atoms with Crippen molar-refractivity contribution in [3.05, 3.63) is 0 Å². The molecule has 3 fully saturated rings. The Morgan fingerprint density at radius 1 is 1.06 bits per heavy atom. The lowest BCUT2D eigenvalue weighted by molar-refractivity contribution is -0.123. The molecule has 0 radical (unpaired) electrons. The van der Waals surface area contributed by atoms with Gasteiger partial charge in [-0.25, -0.2) is 0 Å². The van der Waals surface area contributed by atoms with E-state index < -0.39 is 0 Å². The fourth-order valence-corrected chi connectivity index (χ4v) is 4.17. The highest BCUT2D eigenvalue weighted by atomic mass is 35.5. The quantitative estimate of drug-likeness (QED) is 0.827. The zero-order valence-electron chi connectivity index (χ0n) is 10.9. The molecule has 3 nitrogen and oxygen atoms in total. The average molecular weight is 273 g/mol. The van der Waals surface area contributed by atoms with Crippen molar-refractivity contribution < 1.29 is 4.79 Å². The summed E-state index contributed by atoms with van der Waals surface area (Å²) in [6.07, 6.45) is 8.79. The predicted molar refractivity (Wildman–Crippen MR) is 74.5 cm³/mol. The summed E-state index contributed by atoms with van der Waals surface area (Å²) in [5, 5.41) is 3.28. The van der Waals surface area contributed by atoms with Crippen molar-refractivity contribution in [2.75, 3.05) is 6.54 Å². The van der Waals surface area contributed by atoms with Crippen molar-refractivity contribution in [2.24, 2.45) is 29.4 Å². The Hall–Kier alpha value is -0.280. The summed E-state index contributed by atoms with van der Waals surface area (Å²) in [6, 6.07) is 0.371. The lowest BCUT2D eigenvalue weighted by Gasteiger charge is -2.19. The molecule has 0 heterocycles. The van der Waals surface area contributed by atoms with Crippen molar-refractivity contribution in [3.8, 4) is 0 Å². The summed E-state index contributed by atoms with van der Waals surface area (Å²) in [7, 11) is 0. The highest BCUT2D eigenvalue weighted by molar-refractivity contribution is 5.85. The van der Waals surface area contributed by atoms with Gasteiger partial charge in [-0.1, -0.05) is 19.3 Å². The molecule has 0 aliphatic heterocycles. The summed E-state index contributed by atoms with van der Waals surface area (Å²) < 4.78 is 0. The normalized spacial score (nSPS) is 41.7. The van der Waals surface area contributed by atoms with Gasteiger partial charge in [0.1, 0.15) is 0 Å². The molecule has 4 heteroatoms. The van der Waals surface area contributed by atoms with Crippen LogP contribution in [0.5, 0.6) is 0 Å². The minimum atomic E-state index is 0. The lowest BCUT2D eigenvalue weighted by atomic mass is 10.0. The minimum Gasteiger partial charge on any atom is -0.353 e. The first-order chi connectivity index (χ1) is 8.31. The second kappa shape index (κ2) is 5.79. The highest BCUT2D eigenvalue weighted by Gasteiger charge is 2.55. The third kappa shape index (κ3) is 2.53. The summed E-state index contributed by atoms with van der Waals surface area (Å²) in [6.45, 7) is 0.725. The van der Waals surface area contributed by atoms with E-state index in [1.807, 2.05) is 0 Å². The molecule has 104 valence electrons. The van der Waals surface area contributed by atoms with Crippen LogP contribution in [0.25, 0.3) is 0 Å². The maximum absolute atomic E-state index is 12.2. The summed E-state index contributed by atoms with van der Waals surface area (Å²) in [5.41, 5.74) is 5.76. The molecule has 0 bridgehead atoms. The summed E-state index contributed by atoms with van der Waals surface area (Å²) in [5.74, 6) is 2.67. The van der Waals surface area contributed by atoms with E-state index in [-0.39, 0.29) is 12.4 Å². The van der Waals surface area contributed by atoms with E-state index in [1.54, 1.807) is 0 Å². The Kier molecular flexibility index (Phi) is 4.54. The van der Waals surface area contributed by atoms with E-state index in [0.29, 0.717) is 23.8 Å². The lowest BCUT2D eigenvalue weighted by Crippen LogP contribution is -2.41. The van der Waals surface area contributed by atoms with Gasteiger partial charge in [-0.15, -0.1) is 12.4 Å². The molecule has 0 aromatic rings. The first kappa shape index (κ1) is 14.1. The van der Waals surface area contributed by atoms with Gasteiger partial charge in [-0.3, -0.25) is 4.79 Å². The summed E-state index contributed by atoms with van der Waals surface area (Å²) >= 11 is 0. The maximum Gasteiger partial charge on any atom is 0.223 e. The molecule has 0 aromatic carbocycles. The van der Waals surface area contributed by atoms with Gasteiger partial charge in [0.05, 0.1) is 0 Å². The van der Waals surface area contributed by atoms with Crippen LogP contribution in [0.3, 0.4) is 0 Å². The number of halogens is 1. The van der Waals surface area contributed by atoms with Crippen LogP contribution in [0.4, 0.5) is 0 Å². The number of carbonyl (C=O) groups is 1. The van der Waals surface area contributed by atoms with Crippen LogP contribution in [-0.2, 0) is 4.79 Å². The minimum absolute atomic E-state index is 0. The van der Waals surface area contributed by atoms with Gasteiger partial charge in [-0.2, -0.15) is 0 Å². The molecule has 3 aliphatic carbocycles. The zero-order valence-corrected chi connectivity index (χ0v) is 11.8. The van der Waals surface area contributed by atoms with E-state index in [4.69, 9.17) is 5.73 Å². The maximum atomic E-state index is 12.2. The Morgan fingerprint density at radius 3 is 2.33 bits per heavy atom. The number of amides is 1. The molecule has 3 saturated carbocycles. The molecule has 18 heavy (non-hydrogen) atoms. The number of hydrogen-bond acceptors (Lipinski definition) is 2. The molecule has 4 atom stereocenters. The zero-order chi connectivity index (χ0) is 11.8. The fraction of sp³-hybridized carbons (Fsp3) is 0.929. The van der Waals surface area contributed by atoms with E-state index in [2.05, 4.69) is 5.32 Å². The van der Waals surface area contributed by atoms with Crippen molar-refractivity contribution in [1.29, 1.82) is 0 Å². The third-order valence-corrected chi connectivity index (χ3v) is 5.25. The predicted octanol–water partition coefficient (Wildman–Crippen LogP) is 2.09. The van der Waals surface area contributed by atoms with Gasteiger partial charge in [0, 0.05) is 12.0 Å². The van der Waals surface area contributed by atoms with E-state index in [9.17, 15) is 4.79 Å². The summed E-state index contributed by atoms with van der Waals surface area (Å²) in [4.78, 5) is 12.2. The Morgan fingerprint density at radius 2 is 1.72 bits per heavy atom. The van der Waals surface area contributed by atoms with Gasteiger partial charge >= 0.3 is 0 Å². The van der Waals surface area contributed by atoms with Crippen molar-refractivity contribution >= 4 is 18.3 Å². The molecule has 0 aromatic heterocycles. The SMILES string of the molecule is Cl.NCC1CCCC1NC(=O)C1C2CCCCC21. The van der Waals surface area contributed by atoms with Crippen molar-refractivity contribution in [1.82, 2.24) is 5.32 Å². The number of rotatable bonds is 3. The molecular formula is C14H25ClN2O. The Balaban J connectivity index is 0.00000120. The number of hydrogen-bond donors (Lipinski definition) is 2. The van der Waals surface area contributed by atoms with E-state index in [0.717, 1.165) is 24.8 Å². The smallest absolute Gasteiger partial charge is 0.223 e. The molecule has 3 N–H and O–H groups in total. The van der Waals surface area contributed by atoms with E-state index in [1.165, 1.54) is 38.5 Å². The Labute approximate surface area is 116 Å². The highest BCUT2D eigenvalue weighted by Crippen LogP contribution is 2.55. The molecule has 0 saturated heterocycles. The number of carbonyl (C=O) groups excluding carboxylic acids is 1. The number of fused-ring (bicyclic) bond motifs is 1. The van der Waals surface area contributed by atoms with Crippen LogP contribution in [0, 0.1) is 23.7 Å². The van der Waals surface area contributed by atoms with Crippen LogP contribution >= 0.6 is 12.4 Å². The van der Waals surface area contributed by atoms with Crippen molar-refractivity contribution in [3.63, 3.8) is 0 Å². The van der Waals surface area contributed by atoms with Gasteiger partial charge in [0.15, 0.2) is 0 Å². The van der Waals surface area contributed by atoms with Crippen LogP contribution in [0.15, 0.2) is 0 Å². The van der Waals surface area contributed by atoms with E-state index >= 15 is 0 Å². The topological polar surface area (TPSA) is 55.1 Å². The third-order valence-electron chi connectivity index (χ3n) is 5.25. The van der Waals surface area contributed by atoms with Crippen LogP contribution in [-0.4, -0.2) is 18.5 Å². The monoisotopic (exact) mass is 272 g/mol. The second-order valence-corrected chi connectivity index (χ2v) is 6.18. The standard InChI is InChI=1S/C14H24N2O.ClH/c15-8-9-4-3-7-12(9)16-14(17)13-10-5-1-2-6-11(10)13;/h9-13H,1-8,15H2,(H,16,17);1H. The van der Waals surface area contributed by atoms with Gasteiger partial charge in [0.25, 0.3) is 0 Å². The van der Waals surface area contributed by atoms with Gasteiger partial charge in [0.2, 0.25) is 5.91 Å². The first-order valence-corrected chi connectivity index (χ1v) is 7.31. The van der Waals surface area contributed by atoms with Crippen LogP contribution < -0.4 is 11.1 Å². The first-order valence-electron chi connectivity index (χ1n) is 7.31. The second-order valence-electron chi connectivity index (χ2n) is 6.18. The largest absolute Gasteiger partial charge is 0.353 e. The number of nitrogens with one attached hydrogen (secondary N) is 1. The molecule has 0 spiro atoms. The molecule has 4 unspecified atom stereocenters. The number of nitrogens with two attached hydrogens (primary N) is 1. The molecule has 3 aliphatic rings.